The van der Waals surface area contributed by atoms with Crippen LogP contribution in [-0.4, -0.2) is 40.8 Å². The zero-order valence-electron chi connectivity index (χ0n) is 10.9. The third-order valence-electron chi connectivity index (χ3n) is 3.63. The summed E-state index contributed by atoms with van der Waals surface area (Å²) in [5.41, 5.74) is 1.05. The van der Waals surface area contributed by atoms with Crippen LogP contribution in [0.5, 0.6) is 0 Å². The zero-order chi connectivity index (χ0) is 12.3. The lowest BCUT2D eigenvalue weighted by molar-refractivity contribution is 0.0782. The summed E-state index contributed by atoms with van der Waals surface area (Å²) in [5.74, 6) is 0.590. The molecule has 2 rings (SSSR count). The van der Waals surface area contributed by atoms with Crippen LogP contribution in [0, 0.1) is 5.92 Å². The van der Waals surface area contributed by atoms with Crippen molar-refractivity contribution in [3.05, 3.63) is 11.9 Å². The van der Waals surface area contributed by atoms with Gasteiger partial charge in [0.05, 0.1) is 11.8 Å². The van der Waals surface area contributed by atoms with Crippen LogP contribution < -0.4 is 5.32 Å². The van der Waals surface area contributed by atoms with Gasteiger partial charge in [0.15, 0.2) is 0 Å². The average molecular weight is 238 g/mol. The van der Waals surface area contributed by atoms with Crippen LogP contribution in [0.25, 0.3) is 0 Å². The largest absolute Gasteiger partial charge is 0.378 e. The number of aromatic nitrogens is 3. The van der Waals surface area contributed by atoms with E-state index in [0.29, 0.717) is 18.1 Å². The van der Waals surface area contributed by atoms with Gasteiger partial charge in [0.2, 0.25) is 0 Å². The third-order valence-corrected chi connectivity index (χ3v) is 3.63. The van der Waals surface area contributed by atoms with Crippen molar-refractivity contribution in [2.24, 2.45) is 13.0 Å². The van der Waals surface area contributed by atoms with E-state index in [2.05, 4.69) is 22.6 Å². The van der Waals surface area contributed by atoms with Gasteiger partial charge in [0.25, 0.3) is 0 Å². The van der Waals surface area contributed by atoms with Crippen molar-refractivity contribution in [2.75, 3.05) is 13.7 Å². The molecule has 1 fully saturated rings. The van der Waals surface area contributed by atoms with E-state index in [1.165, 1.54) is 0 Å². The number of hydrogen-bond donors (Lipinski definition) is 1. The van der Waals surface area contributed by atoms with Gasteiger partial charge in [-0.3, -0.25) is 4.68 Å². The molecule has 3 unspecified atom stereocenters. The standard InChI is InChI=1S/C12H22N4O/c1-4-12-10(5-6-17-12)11(13-2)7-9-8-16(3)15-14-9/h8,10-13H,4-7H2,1-3H3. The molecule has 1 aliphatic rings. The van der Waals surface area contributed by atoms with Gasteiger partial charge in [0.1, 0.15) is 0 Å². The molecule has 1 aliphatic heterocycles. The van der Waals surface area contributed by atoms with Crippen molar-refractivity contribution in [3.8, 4) is 0 Å². The van der Waals surface area contributed by atoms with Gasteiger partial charge < -0.3 is 10.1 Å². The summed E-state index contributed by atoms with van der Waals surface area (Å²) < 4.78 is 7.51. The van der Waals surface area contributed by atoms with E-state index in [9.17, 15) is 0 Å². The molecule has 0 spiro atoms. The molecule has 0 saturated carbocycles. The van der Waals surface area contributed by atoms with Gasteiger partial charge in [0, 0.05) is 38.2 Å². The van der Waals surface area contributed by atoms with Crippen LogP contribution in [0.15, 0.2) is 6.20 Å². The fraction of sp³-hybridized carbons (Fsp3) is 0.833. The Balaban J connectivity index is 2.00. The topological polar surface area (TPSA) is 52.0 Å². The SMILES string of the molecule is CCC1OCCC1C(Cc1cn(C)nn1)NC. The van der Waals surface area contributed by atoms with Crippen LogP contribution in [-0.2, 0) is 18.2 Å². The van der Waals surface area contributed by atoms with E-state index < -0.39 is 0 Å². The van der Waals surface area contributed by atoms with Crippen LogP contribution in [0.4, 0.5) is 0 Å². The molecule has 96 valence electrons. The summed E-state index contributed by atoms with van der Waals surface area (Å²) in [6.45, 7) is 3.08. The first-order chi connectivity index (χ1) is 8.24. The number of rotatable bonds is 5. The van der Waals surface area contributed by atoms with Crippen LogP contribution >= 0.6 is 0 Å². The number of nitrogens with zero attached hydrogens (tertiary/aromatic N) is 3. The predicted octanol–water partition coefficient (Wildman–Crippen LogP) is 0.761. The number of nitrogens with one attached hydrogen (secondary N) is 1. The van der Waals surface area contributed by atoms with Gasteiger partial charge in [-0.1, -0.05) is 12.1 Å². The molecule has 1 saturated heterocycles. The maximum atomic E-state index is 5.76. The first-order valence-corrected chi connectivity index (χ1v) is 6.38. The number of ether oxygens (including phenoxy) is 1. The molecular weight excluding hydrogens is 216 g/mol. The van der Waals surface area contributed by atoms with E-state index in [0.717, 1.165) is 31.6 Å². The molecule has 1 aromatic heterocycles. The molecule has 0 amide bonds. The van der Waals surface area contributed by atoms with Gasteiger partial charge in [-0.25, -0.2) is 0 Å². The molecule has 1 N–H and O–H groups in total. The van der Waals surface area contributed by atoms with Crippen molar-refractivity contribution < 1.29 is 4.74 Å². The maximum Gasteiger partial charge on any atom is 0.0842 e. The fourth-order valence-corrected chi connectivity index (χ4v) is 2.73. The Morgan fingerprint density at radius 2 is 2.47 bits per heavy atom. The lowest BCUT2D eigenvalue weighted by Crippen LogP contribution is -2.39. The Hall–Kier alpha value is -0.940. The molecule has 0 aliphatic carbocycles. The van der Waals surface area contributed by atoms with Gasteiger partial charge in [-0.05, 0) is 19.9 Å². The highest BCUT2D eigenvalue weighted by Crippen LogP contribution is 2.27. The zero-order valence-corrected chi connectivity index (χ0v) is 10.9. The first-order valence-electron chi connectivity index (χ1n) is 6.38. The fourth-order valence-electron chi connectivity index (χ4n) is 2.73. The van der Waals surface area contributed by atoms with Crippen LogP contribution in [0.2, 0.25) is 0 Å². The summed E-state index contributed by atoms with van der Waals surface area (Å²) in [4.78, 5) is 0. The Labute approximate surface area is 103 Å². The highest BCUT2D eigenvalue weighted by atomic mass is 16.5. The summed E-state index contributed by atoms with van der Waals surface area (Å²) in [7, 11) is 3.92. The summed E-state index contributed by atoms with van der Waals surface area (Å²) >= 11 is 0. The van der Waals surface area contributed by atoms with Gasteiger partial charge in [-0.15, -0.1) is 5.10 Å². The minimum Gasteiger partial charge on any atom is -0.378 e. The molecule has 5 nitrogen and oxygen atoms in total. The second kappa shape index (κ2) is 5.60. The van der Waals surface area contributed by atoms with E-state index >= 15 is 0 Å². The summed E-state index contributed by atoms with van der Waals surface area (Å²) in [5, 5.41) is 11.5. The van der Waals surface area contributed by atoms with Crippen molar-refractivity contribution in [3.63, 3.8) is 0 Å². The molecule has 17 heavy (non-hydrogen) atoms. The Morgan fingerprint density at radius 1 is 1.65 bits per heavy atom. The molecule has 3 atom stereocenters. The third kappa shape index (κ3) is 2.84. The second-order valence-corrected chi connectivity index (χ2v) is 4.75. The van der Waals surface area contributed by atoms with Gasteiger partial charge in [-0.2, -0.15) is 0 Å². The Bertz CT molecular complexity index is 352. The highest BCUT2D eigenvalue weighted by Gasteiger charge is 2.33. The molecule has 0 aromatic carbocycles. The minimum absolute atomic E-state index is 0.393. The molecule has 2 heterocycles. The monoisotopic (exact) mass is 238 g/mol. The van der Waals surface area contributed by atoms with Gasteiger partial charge >= 0.3 is 0 Å². The summed E-state index contributed by atoms with van der Waals surface area (Å²) in [6, 6.07) is 0.430. The molecule has 1 aromatic rings. The molecular formula is C12H22N4O. The van der Waals surface area contributed by atoms with E-state index in [4.69, 9.17) is 4.74 Å². The number of likely N-dealkylation sites (N-methyl/N-ethyl adjacent to an activating group) is 1. The highest BCUT2D eigenvalue weighted by molar-refractivity contribution is 4.99. The summed E-state index contributed by atoms with van der Waals surface area (Å²) in [6.07, 6.45) is 5.54. The van der Waals surface area contributed by atoms with E-state index in [1.54, 1.807) is 4.68 Å². The second-order valence-electron chi connectivity index (χ2n) is 4.75. The normalized spacial score (nSPS) is 26.3. The lowest BCUT2D eigenvalue weighted by atomic mass is 9.88. The van der Waals surface area contributed by atoms with E-state index in [1.807, 2.05) is 20.3 Å². The smallest absolute Gasteiger partial charge is 0.0842 e. The van der Waals surface area contributed by atoms with Crippen LogP contribution in [0.3, 0.4) is 0 Å². The Kier molecular flexibility index (Phi) is 4.12. The maximum absolute atomic E-state index is 5.76. The lowest BCUT2D eigenvalue weighted by Gasteiger charge is -2.26. The Morgan fingerprint density at radius 3 is 3.06 bits per heavy atom. The van der Waals surface area contributed by atoms with Crippen LogP contribution in [0.1, 0.15) is 25.5 Å². The molecule has 5 heteroatoms. The van der Waals surface area contributed by atoms with Crippen molar-refractivity contribution in [1.82, 2.24) is 20.3 Å². The molecule has 0 bridgehead atoms. The molecule has 0 radical (unpaired) electrons. The first kappa shape index (κ1) is 12.5. The number of aryl methyl sites for hydroxylation is 1. The van der Waals surface area contributed by atoms with E-state index in [-0.39, 0.29) is 0 Å². The van der Waals surface area contributed by atoms with Crippen molar-refractivity contribution in [1.29, 1.82) is 0 Å². The van der Waals surface area contributed by atoms with Crippen molar-refractivity contribution in [2.45, 2.75) is 38.3 Å². The predicted molar refractivity (Wildman–Crippen MR) is 65.7 cm³/mol. The quantitative estimate of drug-likeness (QED) is 0.823. The minimum atomic E-state index is 0.393. The van der Waals surface area contributed by atoms with Crippen molar-refractivity contribution >= 4 is 0 Å². The number of hydrogen-bond acceptors (Lipinski definition) is 4. The average Bonchev–Trinajstić information content (AvgIpc) is 2.94.